The van der Waals surface area contributed by atoms with E-state index in [0.717, 1.165) is 0 Å². The molecule has 2 N–H and O–H groups in total. The topological polar surface area (TPSA) is 136 Å². The van der Waals surface area contributed by atoms with Gasteiger partial charge in [-0.05, 0) is 24.3 Å². The van der Waals surface area contributed by atoms with Crippen LogP contribution in [0, 0.1) is 0 Å². The fraction of sp³-hybridized carbons (Fsp3) is 0.125. The van der Waals surface area contributed by atoms with Crippen LogP contribution in [0.15, 0.2) is 36.7 Å². The lowest BCUT2D eigenvalue weighted by atomic mass is 10.1. The zero-order valence-corrected chi connectivity index (χ0v) is 13.5. The van der Waals surface area contributed by atoms with Crippen LogP contribution >= 0.6 is 0 Å². The third kappa shape index (κ3) is 3.34. The van der Waals surface area contributed by atoms with Gasteiger partial charge in [-0.2, -0.15) is 0 Å². The number of nitrogens with zero attached hydrogens (tertiary/aromatic N) is 4. The molecule has 0 saturated heterocycles. The van der Waals surface area contributed by atoms with Gasteiger partial charge < -0.3 is 15.2 Å². The maximum Gasteiger partial charge on any atom is 0.358 e. The number of carbonyl (C=O) groups excluding carboxylic acids is 2. The molecule has 26 heavy (non-hydrogen) atoms. The summed E-state index contributed by atoms with van der Waals surface area (Å²) in [5, 5.41) is 19.2. The second-order valence-corrected chi connectivity index (χ2v) is 5.17. The van der Waals surface area contributed by atoms with Crippen LogP contribution in [-0.2, 0) is 9.53 Å². The number of hydrogen-bond acceptors (Lipinski definition) is 7. The van der Waals surface area contributed by atoms with E-state index in [0.29, 0.717) is 22.2 Å². The molecule has 1 amide bonds. The number of carbonyl (C=O) groups is 3. The number of fused-ring (bicyclic) bond motifs is 1. The number of hydrogen-bond donors (Lipinski definition) is 2. The van der Waals surface area contributed by atoms with Crippen molar-refractivity contribution in [2.75, 3.05) is 13.7 Å². The number of pyridine rings is 1. The van der Waals surface area contributed by atoms with Gasteiger partial charge in [-0.25, -0.2) is 9.48 Å². The van der Waals surface area contributed by atoms with Crippen molar-refractivity contribution in [2.24, 2.45) is 0 Å². The maximum absolute atomic E-state index is 12.4. The molecule has 3 aromatic rings. The Hall–Kier alpha value is -3.82. The summed E-state index contributed by atoms with van der Waals surface area (Å²) in [5.74, 6) is -2.23. The standard InChI is InChI=1S/C16H13N5O5/c1-26-14(22)7-18-15(23)10-4-5-17-12-3-2-9(6-11(10)12)21-8-13(16(24)25)19-20-21/h2-6,8H,7H2,1H3,(H,18,23)(H,24,25). The molecular formula is C16H13N5O5. The molecule has 0 fully saturated rings. The zero-order valence-electron chi connectivity index (χ0n) is 13.5. The Bertz CT molecular complexity index is 1010. The van der Waals surface area contributed by atoms with E-state index < -0.39 is 17.8 Å². The molecule has 0 unspecified atom stereocenters. The minimum atomic E-state index is -1.19. The average molecular weight is 355 g/mol. The normalized spacial score (nSPS) is 10.5. The lowest BCUT2D eigenvalue weighted by Crippen LogP contribution is -2.30. The highest BCUT2D eigenvalue weighted by atomic mass is 16.5. The summed E-state index contributed by atoms with van der Waals surface area (Å²) >= 11 is 0. The van der Waals surface area contributed by atoms with Crippen LogP contribution in [0.25, 0.3) is 16.6 Å². The SMILES string of the molecule is COC(=O)CNC(=O)c1ccnc2ccc(-n3cc(C(=O)O)nn3)cc12. The number of carboxylic acid groups (broad SMARTS) is 1. The fourth-order valence-electron chi connectivity index (χ4n) is 2.28. The maximum atomic E-state index is 12.4. The van der Waals surface area contributed by atoms with E-state index in [9.17, 15) is 14.4 Å². The predicted octanol–water partition coefficient (Wildman–Crippen LogP) is 0.416. The highest BCUT2D eigenvalue weighted by Crippen LogP contribution is 2.20. The third-order valence-corrected chi connectivity index (χ3v) is 3.57. The number of aromatic carboxylic acids is 1. The second-order valence-electron chi connectivity index (χ2n) is 5.17. The second kappa shape index (κ2) is 6.97. The number of carboxylic acids is 1. The van der Waals surface area contributed by atoms with Crippen LogP contribution in [0.5, 0.6) is 0 Å². The molecule has 0 bridgehead atoms. The molecule has 10 nitrogen and oxygen atoms in total. The van der Waals surface area contributed by atoms with Gasteiger partial charge in [0, 0.05) is 11.6 Å². The first-order chi connectivity index (χ1) is 12.5. The molecule has 0 aliphatic rings. The number of aromatic nitrogens is 4. The van der Waals surface area contributed by atoms with Crippen LogP contribution < -0.4 is 5.32 Å². The number of ether oxygens (including phenoxy) is 1. The molecule has 0 radical (unpaired) electrons. The van der Waals surface area contributed by atoms with Gasteiger partial charge in [0.1, 0.15) is 6.54 Å². The van der Waals surface area contributed by atoms with Crippen LogP contribution in [0.4, 0.5) is 0 Å². The Kier molecular flexibility index (Phi) is 4.56. The summed E-state index contributed by atoms with van der Waals surface area (Å²) in [5.41, 5.74) is 1.16. The number of benzene rings is 1. The van der Waals surface area contributed by atoms with Crippen molar-refractivity contribution in [1.29, 1.82) is 0 Å². The summed E-state index contributed by atoms with van der Waals surface area (Å²) in [4.78, 5) is 38.7. The summed E-state index contributed by atoms with van der Waals surface area (Å²) in [6.45, 7) is -0.260. The van der Waals surface area contributed by atoms with E-state index in [-0.39, 0.29) is 12.2 Å². The van der Waals surface area contributed by atoms with Crippen LogP contribution in [0.2, 0.25) is 0 Å². The van der Waals surface area contributed by atoms with E-state index in [2.05, 4.69) is 25.3 Å². The highest BCUT2D eigenvalue weighted by Gasteiger charge is 2.14. The largest absolute Gasteiger partial charge is 0.476 e. The van der Waals surface area contributed by atoms with Crippen molar-refractivity contribution in [3.63, 3.8) is 0 Å². The van der Waals surface area contributed by atoms with Crippen molar-refractivity contribution < 1.29 is 24.2 Å². The minimum absolute atomic E-state index is 0.202. The molecule has 0 atom stereocenters. The van der Waals surface area contributed by atoms with E-state index in [1.165, 1.54) is 30.3 Å². The quantitative estimate of drug-likeness (QED) is 0.628. The van der Waals surface area contributed by atoms with Gasteiger partial charge in [0.25, 0.3) is 5.91 Å². The van der Waals surface area contributed by atoms with E-state index in [1.54, 1.807) is 18.2 Å². The first-order valence-corrected chi connectivity index (χ1v) is 7.39. The predicted molar refractivity (Wildman–Crippen MR) is 88.0 cm³/mol. The monoisotopic (exact) mass is 355 g/mol. The van der Waals surface area contributed by atoms with Crippen LogP contribution in [0.3, 0.4) is 0 Å². The molecule has 0 spiro atoms. The van der Waals surface area contributed by atoms with Gasteiger partial charge in [-0.15, -0.1) is 5.10 Å². The zero-order chi connectivity index (χ0) is 18.7. The molecule has 3 rings (SSSR count). The van der Waals surface area contributed by atoms with Crippen molar-refractivity contribution >= 4 is 28.7 Å². The lowest BCUT2D eigenvalue weighted by Gasteiger charge is -2.08. The molecule has 0 aliphatic heterocycles. The fourth-order valence-corrected chi connectivity index (χ4v) is 2.28. The van der Waals surface area contributed by atoms with Gasteiger partial charge >= 0.3 is 11.9 Å². The Morgan fingerprint density at radius 2 is 2.08 bits per heavy atom. The smallest absolute Gasteiger partial charge is 0.358 e. The van der Waals surface area contributed by atoms with Gasteiger partial charge in [0.15, 0.2) is 5.69 Å². The molecule has 1 aromatic carbocycles. The van der Waals surface area contributed by atoms with E-state index in [1.807, 2.05) is 0 Å². The first-order valence-electron chi connectivity index (χ1n) is 7.39. The van der Waals surface area contributed by atoms with Gasteiger partial charge in [0.05, 0.1) is 30.1 Å². The minimum Gasteiger partial charge on any atom is -0.476 e. The summed E-state index contributed by atoms with van der Waals surface area (Å²) in [7, 11) is 1.23. The van der Waals surface area contributed by atoms with Crippen LogP contribution in [0.1, 0.15) is 20.8 Å². The lowest BCUT2D eigenvalue weighted by molar-refractivity contribution is -0.139. The van der Waals surface area contributed by atoms with Crippen LogP contribution in [-0.4, -0.2) is 56.6 Å². The average Bonchev–Trinajstić information content (AvgIpc) is 3.15. The summed E-state index contributed by atoms with van der Waals surface area (Å²) < 4.78 is 5.77. The molecule has 0 aliphatic carbocycles. The molecule has 132 valence electrons. The number of nitrogens with one attached hydrogen (secondary N) is 1. The summed E-state index contributed by atoms with van der Waals surface area (Å²) in [6, 6.07) is 6.49. The molecule has 2 heterocycles. The Morgan fingerprint density at radius 1 is 1.27 bits per heavy atom. The first kappa shape index (κ1) is 17.0. The Morgan fingerprint density at radius 3 is 2.77 bits per heavy atom. The van der Waals surface area contributed by atoms with Gasteiger partial charge in [-0.1, -0.05) is 5.21 Å². The van der Waals surface area contributed by atoms with Crippen molar-refractivity contribution in [1.82, 2.24) is 25.3 Å². The van der Waals surface area contributed by atoms with Gasteiger partial charge in [0.2, 0.25) is 0 Å². The van der Waals surface area contributed by atoms with E-state index >= 15 is 0 Å². The highest BCUT2D eigenvalue weighted by molar-refractivity contribution is 6.07. The molecule has 10 heteroatoms. The number of amides is 1. The Labute approximate surface area is 146 Å². The molecule has 0 saturated carbocycles. The van der Waals surface area contributed by atoms with E-state index in [4.69, 9.17) is 5.11 Å². The van der Waals surface area contributed by atoms with Crippen molar-refractivity contribution in [3.8, 4) is 5.69 Å². The summed E-state index contributed by atoms with van der Waals surface area (Å²) in [6.07, 6.45) is 2.74. The number of esters is 1. The molecule has 2 aromatic heterocycles. The third-order valence-electron chi connectivity index (χ3n) is 3.57. The number of rotatable bonds is 5. The van der Waals surface area contributed by atoms with Gasteiger partial charge in [-0.3, -0.25) is 14.6 Å². The van der Waals surface area contributed by atoms with Crippen molar-refractivity contribution in [2.45, 2.75) is 0 Å². The molecular weight excluding hydrogens is 342 g/mol. The number of methoxy groups -OCH3 is 1. The Balaban J connectivity index is 1.98. The van der Waals surface area contributed by atoms with Crippen molar-refractivity contribution in [3.05, 3.63) is 47.9 Å².